The van der Waals surface area contributed by atoms with E-state index in [0.717, 1.165) is 30.5 Å². The second-order valence-corrected chi connectivity index (χ2v) is 4.80. The van der Waals surface area contributed by atoms with Gasteiger partial charge in [-0.15, -0.1) is 0 Å². The van der Waals surface area contributed by atoms with Crippen LogP contribution < -0.4 is 4.90 Å². The van der Waals surface area contributed by atoms with Crippen molar-refractivity contribution in [2.45, 2.75) is 45.9 Å². The standard InChI is InChI=1S/C16H23NO/c1-3-13(4-2)9-10-16(18)17-12-11-14-7-5-6-8-15(14)17/h5-8,13H,3-4,9-12H2,1-2H3/i9D,10D. The van der Waals surface area contributed by atoms with E-state index in [1.54, 1.807) is 4.90 Å². The van der Waals surface area contributed by atoms with Crippen molar-refractivity contribution >= 4 is 11.6 Å². The van der Waals surface area contributed by atoms with Crippen LogP contribution in [0.25, 0.3) is 0 Å². The average molecular weight is 247 g/mol. The first-order valence-electron chi connectivity index (χ1n) is 7.99. The van der Waals surface area contributed by atoms with Gasteiger partial charge in [-0.1, -0.05) is 44.9 Å². The summed E-state index contributed by atoms with van der Waals surface area (Å²) in [7, 11) is 0. The lowest BCUT2D eigenvalue weighted by atomic mass is 9.97. The summed E-state index contributed by atoms with van der Waals surface area (Å²) in [5.74, 6) is -0.0962. The van der Waals surface area contributed by atoms with Gasteiger partial charge in [-0.2, -0.15) is 0 Å². The van der Waals surface area contributed by atoms with E-state index in [9.17, 15) is 4.79 Å². The van der Waals surface area contributed by atoms with E-state index in [1.807, 2.05) is 38.1 Å². The second kappa shape index (κ2) is 6.03. The Labute approximate surface area is 113 Å². The molecule has 0 spiro atoms. The van der Waals surface area contributed by atoms with Gasteiger partial charge >= 0.3 is 0 Å². The first kappa shape index (κ1) is 10.6. The molecule has 18 heavy (non-hydrogen) atoms. The Morgan fingerprint density at radius 1 is 1.39 bits per heavy atom. The Balaban J connectivity index is 2.12. The molecule has 1 aromatic carbocycles. The third-order valence-corrected chi connectivity index (χ3v) is 3.71. The van der Waals surface area contributed by atoms with Crippen LogP contribution in [0, 0.1) is 5.92 Å². The van der Waals surface area contributed by atoms with Gasteiger partial charge in [0.15, 0.2) is 0 Å². The van der Waals surface area contributed by atoms with Crippen LogP contribution in [-0.4, -0.2) is 12.5 Å². The number of hydrogen-bond donors (Lipinski definition) is 0. The third-order valence-electron chi connectivity index (χ3n) is 3.71. The Hall–Kier alpha value is -1.31. The minimum atomic E-state index is -0.981. The molecule has 2 nitrogen and oxygen atoms in total. The summed E-state index contributed by atoms with van der Waals surface area (Å²) in [6.45, 7) is 4.69. The molecule has 0 bridgehead atoms. The molecule has 2 heteroatoms. The van der Waals surface area contributed by atoms with Crippen molar-refractivity contribution in [2.75, 3.05) is 11.4 Å². The number of hydrogen-bond acceptors (Lipinski definition) is 1. The fraction of sp³-hybridized carbons (Fsp3) is 0.562. The first-order valence-corrected chi connectivity index (χ1v) is 6.83. The molecule has 2 unspecified atom stereocenters. The van der Waals surface area contributed by atoms with Gasteiger partial charge in [-0.25, -0.2) is 0 Å². The van der Waals surface area contributed by atoms with Gasteiger partial charge in [-0.05, 0) is 30.4 Å². The molecule has 0 saturated carbocycles. The molecule has 0 radical (unpaired) electrons. The zero-order valence-electron chi connectivity index (χ0n) is 13.2. The van der Waals surface area contributed by atoms with Crippen molar-refractivity contribution in [1.29, 1.82) is 0 Å². The molecule has 98 valence electrons. The minimum Gasteiger partial charge on any atom is -0.312 e. The van der Waals surface area contributed by atoms with Crippen LogP contribution in [0.2, 0.25) is 0 Å². The summed E-state index contributed by atoms with van der Waals surface area (Å²) < 4.78 is 16.3. The number of amides is 1. The van der Waals surface area contributed by atoms with Crippen molar-refractivity contribution in [3.05, 3.63) is 29.8 Å². The summed E-state index contributed by atoms with van der Waals surface area (Å²) >= 11 is 0. The van der Waals surface area contributed by atoms with Gasteiger partial charge in [-0.3, -0.25) is 4.79 Å². The normalized spacial score (nSPS) is 19.2. The molecule has 1 heterocycles. The van der Waals surface area contributed by atoms with Crippen LogP contribution in [0.4, 0.5) is 5.69 Å². The van der Waals surface area contributed by atoms with Crippen molar-refractivity contribution in [3.8, 4) is 0 Å². The van der Waals surface area contributed by atoms with E-state index in [4.69, 9.17) is 2.74 Å². The number of carbonyl (C=O) groups is 1. The minimum absolute atomic E-state index is 0.124. The van der Waals surface area contributed by atoms with E-state index in [0.29, 0.717) is 6.54 Å². The highest BCUT2D eigenvalue weighted by Gasteiger charge is 2.23. The van der Waals surface area contributed by atoms with Crippen LogP contribution in [0.15, 0.2) is 24.3 Å². The fourth-order valence-corrected chi connectivity index (χ4v) is 2.44. The Kier molecular flexibility index (Phi) is 3.55. The average Bonchev–Trinajstić information content (AvgIpc) is 2.90. The lowest BCUT2D eigenvalue weighted by Gasteiger charge is -2.19. The molecule has 0 fully saturated rings. The predicted octanol–water partition coefficient (Wildman–Crippen LogP) is 3.79. The molecule has 2 atom stereocenters. The van der Waals surface area contributed by atoms with E-state index < -0.39 is 12.8 Å². The summed E-state index contributed by atoms with van der Waals surface area (Å²) in [6, 6.07) is 7.86. The second-order valence-electron chi connectivity index (χ2n) is 4.80. The molecule has 0 aromatic heterocycles. The highest BCUT2D eigenvalue weighted by Crippen LogP contribution is 2.28. The van der Waals surface area contributed by atoms with Gasteiger partial charge < -0.3 is 4.90 Å². The number of rotatable bonds is 5. The molecule has 1 aliphatic rings. The maximum Gasteiger partial charge on any atom is 0.227 e. The molecule has 0 aliphatic carbocycles. The van der Waals surface area contributed by atoms with E-state index in [2.05, 4.69) is 0 Å². The SMILES string of the molecule is [2H]C(C(=O)N1CCc2ccccc21)C([2H])C(CC)CC. The molecule has 0 saturated heterocycles. The lowest BCUT2D eigenvalue weighted by Crippen LogP contribution is -2.29. The number of anilines is 1. The molecule has 1 aromatic rings. The van der Waals surface area contributed by atoms with E-state index in [-0.39, 0.29) is 11.8 Å². The fourth-order valence-electron chi connectivity index (χ4n) is 2.44. The van der Waals surface area contributed by atoms with Crippen LogP contribution in [0.3, 0.4) is 0 Å². The maximum atomic E-state index is 12.5. The zero-order valence-corrected chi connectivity index (χ0v) is 11.2. The number of fused-ring (bicyclic) bond motifs is 1. The van der Waals surface area contributed by atoms with Crippen molar-refractivity contribution < 1.29 is 7.54 Å². The largest absolute Gasteiger partial charge is 0.312 e. The van der Waals surface area contributed by atoms with Crippen LogP contribution >= 0.6 is 0 Å². The Morgan fingerprint density at radius 2 is 2.11 bits per heavy atom. The van der Waals surface area contributed by atoms with Gasteiger partial charge in [0.25, 0.3) is 0 Å². The Morgan fingerprint density at radius 3 is 2.83 bits per heavy atom. The maximum absolute atomic E-state index is 12.5. The van der Waals surface area contributed by atoms with E-state index >= 15 is 0 Å². The molecule has 2 rings (SSSR count). The first-order chi connectivity index (χ1) is 9.60. The van der Waals surface area contributed by atoms with Gasteiger partial charge in [0.05, 0.1) is 0 Å². The van der Waals surface area contributed by atoms with Crippen LogP contribution in [0.5, 0.6) is 0 Å². The molecular formula is C16H23NO. The zero-order chi connectivity index (χ0) is 14.7. The highest BCUT2D eigenvalue weighted by atomic mass is 16.2. The topological polar surface area (TPSA) is 20.3 Å². The van der Waals surface area contributed by atoms with Crippen molar-refractivity contribution in [1.82, 2.24) is 0 Å². The quantitative estimate of drug-likeness (QED) is 0.775. The van der Waals surface area contributed by atoms with Gasteiger partial charge in [0, 0.05) is 21.4 Å². The summed E-state index contributed by atoms with van der Waals surface area (Å²) in [4.78, 5) is 14.2. The predicted molar refractivity (Wildman–Crippen MR) is 75.8 cm³/mol. The van der Waals surface area contributed by atoms with E-state index in [1.165, 1.54) is 0 Å². The smallest absolute Gasteiger partial charge is 0.227 e. The number of benzene rings is 1. The summed E-state index contributed by atoms with van der Waals surface area (Å²) in [6.07, 6.45) is 0.937. The van der Waals surface area contributed by atoms with Gasteiger partial charge in [0.1, 0.15) is 0 Å². The van der Waals surface area contributed by atoms with Crippen LogP contribution in [0.1, 0.15) is 47.8 Å². The molecule has 1 amide bonds. The number of carbonyl (C=O) groups excluding carboxylic acids is 1. The number of para-hydroxylation sites is 1. The van der Waals surface area contributed by atoms with Crippen molar-refractivity contribution in [3.63, 3.8) is 0 Å². The summed E-state index contributed by atoms with van der Waals surface area (Å²) in [5.41, 5.74) is 2.09. The third kappa shape index (κ3) is 2.74. The molecule has 1 aliphatic heterocycles. The Bertz CT molecular complexity index is 473. The van der Waals surface area contributed by atoms with Gasteiger partial charge in [0.2, 0.25) is 5.91 Å². The van der Waals surface area contributed by atoms with Crippen LogP contribution in [-0.2, 0) is 11.2 Å². The highest BCUT2D eigenvalue weighted by molar-refractivity contribution is 5.95. The monoisotopic (exact) mass is 247 g/mol. The summed E-state index contributed by atoms with van der Waals surface area (Å²) in [5, 5.41) is 0. The molecule has 0 N–H and O–H groups in total. The van der Waals surface area contributed by atoms with Crippen molar-refractivity contribution in [2.24, 2.45) is 5.92 Å². The number of nitrogens with zero attached hydrogens (tertiary/aromatic N) is 1. The lowest BCUT2D eigenvalue weighted by molar-refractivity contribution is -0.118. The molecular weight excluding hydrogens is 222 g/mol.